The number of aromatic nitrogens is 5. The maximum Gasteiger partial charge on any atom is 0.293 e. The van der Waals surface area contributed by atoms with E-state index in [4.69, 9.17) is 0 Å². The van der Waals surface area contributed by atoms with E-state index >= 15 is 0 Å². The highest BCUT2D eigenvalue weighted by molar-refractivity contribution is 5.97. The van der Waals surface area contributed by atoms with Crippen LogP contribution in [0.15, 0.2) is 43.2 Å². The highest BCUT2D eigenvalue weighted by Crippen LogP contribution is 2.30. The maximum atomic E-state index is 12.5. The van der Waals surface area contributed by atoms with Crippen molar-refractivity contribution in [3.63, 3.8) is 0 Å². The summed E-state index contributed by atoms with van der Waals surface area (Å²) in [5, 5.41) is 17.9. The molecule has 142 valence electrons. The van der Waals surface area contributed by atoms with E-state index in [1.54, 1.807) is 25.1 Å². The summed E-state index contributed by atoms with van der Waals surface area (Å²) in [5.74, 6) is 0.709. The molecule has 2 aromatic heterocycles. The second-order valence-corrected chi connectivity index (χ2v) is 6.39. The Hall–Kier alpha value is -3.89. The minimum atomic E-state index is -0.498. The van der Waals surface area contributed by atoms with Gasteiger partial charge in [-0.25, -0.2) is 19.6 Å². The molecule has 1 fully saturated rings. The maximum absolute atomic E-state index is 12.5. The van der Waals surface area contributed by atoms with Gasteiger partial charge >= 0.3 is 0 Å². The van der Waals surface area contributed by atoms with Crippen molar-refractivity contribution in [1.82, 2.24) is 24.7 Å². The molecule has 1 aliphatic rings. The fraction of sp³-hybridized carbons (Fsp3) is 0.235. The molecule has 1 N–H and O–H groups in total. The lowest BCUT2D eigenvalue weighted by molar-refractivity contribution is -0.384. The third kappa shape index (κ3) is 3.24. The van der Waals surface area contributed by atoms with E-state index in [2.05, 4.69) is 25.4 Å². The van der Waals surface area contributed by atoms with Gasteiger partial charge in [-0.1, -0.05) is 12.1 Å². The number of carbonyl (C=O) groups excluding carboxylic acids is 1. The molecule has 11 heteroatoms. The largest absolute Gasteiger partial charge is 0.355 e. The highest BCUT2D eigenvalue weighted by atomic mass is 16.6. The smallest absolute Gasteiger partial charge is 0.293 e. The first kappa shape index (κ1) is 17.5. The Morgan fingerprint density at radius 2 is 2.04 bits per heavy atom. The summed E-state index contributed by atoms with van der Waals surface area (Å²) in [6.07, 6.45) is 4.38. The van der Waals surface area contributed by atoms with Gasteiger partial charge in [-0.2, -0.15) is 5.10 Å². The van der Waals surface area contributed by atoms with E-state index in [0.29, 0.717) is 30.3 Å². The molecule has 11 nitrogen and oxygen atoms in total. The molecule has 3 heterocycles. The number of nitro benzene ring substituents is 1. The van der Waals surface area contributed by atoms with Crippen molar-refractivity contribution in [2.24, 2.45) is 5.92 Å². The molecule has 0 unspecified atom stereocenters. The van der Waals surface area contributed by atoms with E-state index in [1.165, 1.54) is 29.7 Å². The number of para-hydroxylation sites is 1. The van der Waals surface area contributed by atoms with E-state index in [0.717, 1.165) is 0 Å². The number of nitrogens with zero attached hydrogens (tertiary/aromatic N) is 7. The van der Waals surface area contributed by atoms with E-state index in [-0.39, 0.29) is 23.2 Å². The molecule has 1 amide bonds. The van der Waals surface area contributed by atoms with Crippen LogP contribution in [0.25, 0.3) is 5.82 Å². The first-order valence-corrected chi connectivity index (χ1v) is 8.50. The molecule has 3 aromatic rings. The van der Waals surface area contributed by atoms with Crippen LogP contribution in [0.2, 0.25) is 0 Å². The molecule has 0 atom stereocenters. The topological polar surface area (TPSA) is 132 Å². The summed E-state index contributed by atoms with van der Waals surface area (Å²) in [4.78, 5) is 37.4. The summed E-state index contributed by atoms with van der Waals surface area (Å²) >= 11 is 0. The third-order valence-electron chi connectivity index (χ3n) is 4.56. The first-order chi connectivity index (χ1) is 13.5. The second-order valence-electron chi connectivity index (χ2n) is 6.39. The van der Waals surface area contributed by atoms with Crippen LogP contribution < -0.4 is 10.2 Å². The van der Waals surface area contributed by atoms with E-state index < -0.39 is 4.92 Å². The van der Waals surface area contributed by atoms with Crippen LogP contribution in [0.5, 0.6) is 0 Å². The Morgan fingerprint density at radius 3 is 2.75 bits per heavy atom. The molecule has 4 rings (SSSR count). The van der Waals surface area contributed by atoms with Gasteiger partial charge in [0.2, 0.25) is 5.91 Å². The molecule has 0 spiro atoms. The fourth-order valence-corrected chi connectivity index (χ4v) is 2.99. The zero-order chi connectivity index (χ0) is 19.7. The summed E-state index contributed by atoms with van der Waals surface area (Å²) in [6.45, 7) is 2.64. The number of hydrogen-bond donors (Lipinski definition) is 1. The van der Waals surface area contributed by atoms with Crippen molar-refractivity contribution < 1.29 is 9.72 Å². The molecule has 1 saturated heterocycles. The van der Waals surface area contributed by atoms with Crippen molar-refractivity contribution >= 4 is 23.1 Å². The SMILES string of the molecule is Cc1cccc([N+](=O)[O-])c1NC(=O)C1CN(c2cc(-n3cncn3)ncn2)C1. The van der Waals surface area contributed by atoms with Crippen molar-refractivity contribution in [3.8, 4) is 5.82 Å². The number of hydrogen-bond acceptors (Lipinski definition) is 8. The number of nitro groups is 1. The van der Waals surface area contributed by atoms with Crippen molar-refractivity contribution in [2.75, 3.05) is 23.3 Å². The van der Waals surface area contributed by atoms with Crippen LogP contribution in [0.1, 0.15) is 5.56 Å². The Labute approximate surface area is 159 Å². The van der Waals surface area contributed by atoms with Crippen LogP contribution in [0.4, 0.5) is 17.2 Å². The highest BCUT2D eigenvalue weighted by Gasteiger charge is 2.34. The number of carbonyl (C=O) groups is 1. The Balaban J connectivity index is 1.43. The summed E-state index contributed by atoms with van der Waals surface area (Å²) < 4.78 is 1.52. The van der Waals surface area contributed by atoms with Crippen LogP contribution in [-0.2, 0) is 4.79 Å². The average molecular weight is 380 g/mol. The quantitative estimate of drug-likeness (QED) is 0.518. The van der Waals surface area contributed by atoms with E-state index in [1.807, 2.05) is 4.90 Å². The van der Waals surface area contributed by atoms with Crippen molar-refractivity contribution in [2.45, 2.75) is 6.92 Å². The molecule has 1 aromatic carbocycles. The Morgan fingerprint density at radius 1 is 1.25 bits per heavy atom. The summed E-state index contributed by atoms with van der Waals surface area (Å²) in [6, 6.07) is 6.45. The number of nitrogens with one attached hydrogen (secondary N) is 1. The molecule has 1 aliphatic heterocycles. The molecule has 28 heavy (non-hydrogen) atoms. The Bertz CT molecular complexity index is 1030. The molecule has 0 bridgehead atoms. The number of amides is 1. The van der Waals surface area contributed by atoms with Gasteiger partial charge in [-0.15, -0.1) is 0 Å². The van der Waals surface area contributed by atoms with Gasteiger partial charge in [0.25, 0.3) is 5.69 Å². The van der Waals surface area contributed by atoms with Gasteiger partial charge in [-0.3, -0.25) is 14.9 Å². The average Bonchev–Trinajstić information content (AvgIpc) is 3.17. The van der Waals surface area contributed by atoms with Gasteiger partial charge in [0.05, 0.1) is 10.8 Å². The van der Waals surface area contributed by atoms with Gasteiger partial charge in [0, 0.05) is 25.2 Å². The third-order valence-corrected chi connectivity index (χ3v) is 4.56. The van der Waals surface area contributed by atoms with Gasteiger partial charge in [-0.05, 0) is 12.5 Å². The number of benzene rings is 1. The minimum Gasteiger partial charge on any atom is -0.355 e. The number of anilines is 2. The van der Waals surface area contributed by atoms with Crippen LogP contribution in [0, 0.1) is 23.0 Å². The standard InChI is InChI=1S/C17H16N8O3/c1-11-3-2-4-13(25(27)28)16(11)22-17(26)12-6-23(7-12)14-5-15(20-9-19-14)24-10-18-8-21-24/h2-5,8-10,12H,6-7H2,1H3,(H,22,26). The van der Waals surface area contributed by atoms with Crippen LogP contribution in [-0.4, -0.2) is 48.7 Å². The van der Waals surface area contributed by atoms with Crippen LogP contribution in [0.3, 0.4) is 0 Å². The predicted molar refractivity (Wildman–Crippen MR) is 99.1 cm³/mol. The minimum absolute atomic E-state index is 0.113. The molecule has 0 radical (unpaired) electrons. The van der Waals surface area contributed by atoms with Gasteiger partial charge < -0.3 is 10.2 Å². The Kier molecular flexibility index (Phi) is 4.39. The lowest BCUT2D eigenvalue weighted by Gasteiger charge is -2.39. The van der Waals surface area contributed by atoms with Crippen molar-refractivity contribution in [3.05, 3.63) is 58.9 Å². The second kappa shape index (κ2) is 7.02. The van der Waals surface area contributed by atoms with Crippen molar-refractivity contribution in [1.29, 1.82) is 0 Å². The van der Waals surface area contributed by atoms with E-state index in [9.17, 15) is 14.9 Å². The zero-order valence-corrected chi connectivity index (χ0v) is 14.9. The summed E-state index contributed by atoms with van der Waals surface area (Å²) in [7, 11) is 0. The van der Waals surface area contributed by atoms with Gasteiger partial charge in [0.15, 0.2) is 5.82 Å². The predicted octanol–water partition coefficient (Wildman–Crippen LogP) is 1.35. The zero-order valence-electron chi connectivity index (χ0n) is 14.9. The van der Waals surface area contributed by atoms with Gasteiger partial charge in [0.1, 0.15) is 30.5 Å². The monoisotopic (exact) mass is 380 g/mol. The fourth-order valence-electron chi connectivity index (χ4n) is 2.99. The normalized spacial score (nSPS) is 13.8. The number of aryl methyl sites for hydroxylation is 1. The lowest BCUT2D eigenvalue weighted by Crippen LogP contribution is -2.52. The molecular formula is C17H16N8O3. The molecule has 0 aliphatic carbocycles. The summed E-state index contributed by atoms with van der Waals surface area (Å²) in [5.41, 5.74) is 0.774. The van der Waals surface area contributed by atoms with Crippen LogP contribution >= 0.6 is 0 Å². The first-order valence-electron chi connectivity index (χ1n) is 8.50. The lowest BCUT2D eigenvalue weighted by atomic mass is 9.98. The molecular weight excluding hydrogens is 364 g/mol. The molecule has 0 saturated carbocycles. The number of rotatable bonds is 5.